The monoisotopic (exact) mass is 585 g/mol. The topological polar surface area (TPSA) is 81.2 Å². The number of aliphatic hydroxyl groups excluding tert-OH is 1. The molecule has 8 heteroatoms. The van der Waals surface area contributed by atoms with Crippen LogP contribution in [0.4, 0.5) is 5.69 Å². The van der Waals surface area contributed by atoms with Gasteiger partial charge in [-0.2, -0.15) is 0 Å². The number of amides is 3. The van der Waals surface area contributed by atoms with Gasteiger partial charge in [0.25, 0.3) is 0 Å². The Morgan fingerprint density at radius 1 is 0.810 bits per heavy atom. The zero-order chi connectivity index (χ0) is 29.3. The number of benzene rings is 2. The highest BCUT2D eigenvalue weighted by Crippen LogP contribution is 2.65. The van der Waals surface area contributed by atoms with Crippen molar-refractivity contribution in [1.82, 2.24) is 9.80 Å². The molecule has 1 N–H and O–H groups in total. The van der Waals surface area contributed by atoms with Gasteiger partial charge in [-0.3, -0.25) is 14.4 Å². The molecule has 0 aromatic heterocycles. The number of unbranched alkanes of at least 4 members (excludes halogenated alkanes) is 3. The van der Waals surface area contributed by atoms with Crippen molar-refractivity contribution in [3.63, 3.8) is 0 Å². The standard InChI is InChI=1S/C34H39N3O4S/c1-33-18-12-22-36(26-16-8-5-9-17-26)30(39)27(33)28-31(40)37(21-10-2-3-11-23-38)29-32(41)35(20-13-19-34(28,29)42-33)24-25-14-6-4-7-15-25/h4-9,12-19,27-29,38H,2-3,10-11,20-24H2,1H3/t27-,28-,29?,33+,34-/m0/s1. The predicted octanol–water partition coefficient (Wildman–Crippen LogP) is 4.43. The second-order valence-corrected chi connectivity index (χ2v) is 13.8. The Morgan fingerprint density at radius 2 is 1.50 bits per heavy atom. The third-order valence-electron chi connectivity index (χ3n) is 9.23. The van der Waals surface area contributed by atoms with E-state index in [2.05, 4.69) is 19.1 Å². The number of anilines is 1. The van der Waals surface area contributed by atoms with Gasteiger partial charge in [-0.25, -0.2) is 0 Å². The van der Waals surface area contributed by atoms with Crippen LogP contribution in [0, 0.1) is 11.8 Å². The molecule has 4 aliphatic rings. The molecule has 2 aromatic carbocycles. The Bertz CT molecular complexity index is 1380. The maximum absolute atomic E-state index is 14.6. The molecule has 5 atom stereocenters. The van der Waals surface area contributed by atoms with Gasteiger partial charge in [-0.1, -0.05) is 85.7 Å². The number of hydrogen-bond acceptors (Lipinski definition) is 5. The summed E-state index contributed by atoms with van der Waals surface area (Å²) in [6, 6.07) is 18.9. The van der Waals surface area contributed by atoms with E-state index in [1.807, 2.05) is 77.7 Å². The van der Waals surface area contributed by atoms with E-state index in [1.54, 1.807) is 21.6 Å². The fraction of sp³-hybridized carbons (Fsp3) is 0.441. The summed E-state index contributed by atoms with van der Waals surface area (Å²) in [6.07, 6.45) is 11.5. The van der Waals surface area contributed by atoms with Gasteiger partial charge in [0.05, 0.1) is 16.6 Å². The van der Waals surface area contributed by atoms with Crippen LogP contribution in [0.5, 0.6) is 0 Å². The molecule has 2 aromatic rings. The van der Waals surface area contributed by atoms with Crippen LogP contribution >= 0.6 is 11.8 Å². The Kier molecular flexibility index (Phi) is 8.03. The van der Waals surface area contributed by atoms with E-state index >= 15 is 0 Å². The average molecular weight is 586 g/mol. The van der Waals surface area contributed by atoms with Crippen molar-refractivity contribution in [3.8, 4) is 0 Å². The smallest absolute Gasteiger partial charge is 0.247 e. The minimum Gasteiger partial charge on any atom is -0.396 e. The van der Waals surface area contributed by atoms with Crippen molar-refractivity contribution in [2.24, 2.45) is 11.8 Å². The Labute approximate surface area is 252 Å². The molecule has 42 heavy (non-hydrogen) atoms. The van der Waals surface area contributed by atoms with Crippen LogP contribution in [-0.2, 0) is 20.9 Å². The number of rotatable bonds is 9. The number of nitrogens with zero attached hydrogens (tertiary/aromatic N) is 3. The minimum atomic E-state index is -0.843. The summed E-state index contributed by atoms with van der Waals surface area (Å²) >= 11 is 1.63. The molecular formula is C34H39N3O4S. The van der Waals surface area contributed by atoms with Crippen LogP contribution in [-0.4, -0.2) is 74.4 Å². The van der Waals surface area contributed by atoms with Crippen molar-refractivity contribution in [2.75, 3.05) is 31.1 Å². The van der Waals surface area contributed by atoms with Crippen LogP contribution in [0.1, 0.15) is 38.2 Å². The lowest BCUT2D eigenvalue weighted by molar-refractivity contribution is -0.143. The second-order valence-electron chi connectivity index (χ2n) is 12.0. The van der Waals surface area contributed by atoms with Gasteiger partial charge in [-0.15, -0.1) is 11.8 Å². The summed E-state index contributed by atoms with van der Waals surface area (Å²) in [7, 11) is 0. The van der Waals surface area contributed by atoms with Crippen molar-refractivity contribution in [2.45, 2.75) is 54.7 Å². The number of thioether (sulfide) groups is 1. The lowest BCUT2D eigenvalue weighted by atomic mass is 9.74. The second kappa shape index (κ2) is 11.7. The van der Waals surface area contributed by atoms with Crippen LogP contribution in [0.25, 0.3) is 0 Å². The number of para-hydroxylation sites is 1. The molecule has 220 valence electrons. The zero-order valence-corrected chi connectivity index (χ0v) is 24.9. The first kappa shape index (κ1) is 28.7. The van der Waals surface area contributed by atoms with Crippen molar-refractivity contribution in [1.29, 1.82) is 0 Å². The van der Waals surface area contributed by atoms with Gasteiger partial charge in [0.2, 0.25) is 17.7 Å². The highest BCUT2D eigenvalue weighted by atomic mass is 32.2. The van der Waals surface area contributed by atoms with Gasteiger partial charge in [0, 0.05) is 43.2 Å². The summed E-state index contributed by atoms with van der Waals surface area (Å²) in [5, 5.41) is 9.22. The molecule has 4 heterocycles. The van der Waals surface area contributed by atoms with Gasteiger partial charge in [-0.05, 0) is 37.5 Å². The first-order chi connectivity index (χ1) is 20.4. The predicted molar refractivity (Wildman–Crippen MR) is 166 cm³/mol. The van der Waals surface area contributed by atoms with E-state index in [9.17, 15) is 19.5 Å². The molecule has 0 radical (unpaired) electrons. The van der Waals surface area contributed by atoms with E-state index in [-0.39, 0.29) is 24.3 Å². The molecule has 1 unspecified atom stereocenters. The summed E-state index contributed by atoms with van der Waals surface area (Å²) in [5.74, 6) is -1.47. The SMILES string of the molecule is C[C@@]12C=CCN(c3ccccc3)C(=O)[C@@H]1[C@H]1C(=O)N(CCCCCCO)C3C(=O)N(Cc4ccccc4)CC=C[C@@]31S2. The van der Waals surface area contributed by atoms with E-state index < -0.39 is 27.4 Å². The molecule has 0 aliphatic carbocycles. The highest BCUT2D eigenvalue weighted by molar-refractivity contribution is 8.02. The Morgan fingerprint density at radius 3 is 2.24 bits per heavy atom. The normalized spacial score (nSPS) is 30.3. The minimum absolute atomic E-state index is 0.0565. The number of hydrogen-bond donors (Lipinski definition) is 1. The molecule has 4 aliphatic heterocycles. The molecule has 1 spiro atoms. The van der Waals surface area contributed by atoms with Gasteiger partial charge in [0.15, 0.2) is 0 Å². The van der Waals surface area contributed by atoms with E-state index in [1.165, 1.54) is 0 Å². The first-order valence-corrected chi connectivity index (χ1v) is 15.9. The average Bonchev–Trinajstić information content (AvgIpc) is 3.26. The van der Waals surface area contributed by atoms with Gasteiger partial charge < -0.3 is 19.8 Å². The Balaban J connectivity index is 1.39. The van der Waals surface area contributed by atoms with Crippen molar-refractivity contribution in [3.05, 3.63) is 90.5 Å². The largest absolute Gasteiger partial charge is 0.396 e. The van der Waals surface area contributed by atoms with Crippen molar-refractivity contribution >= 4 is 35.2 Å². The molecule has 2 saturated heterocycles. The number of fused-ring (bicyclic) bond motifs is 2. The quantitative estimate of drug-likeness (QED) is 0.348. The third-order valence-corrected chi connectivity index (χ3v) is 11.0. The number of carbonyl (C=O) groups excluding carboxylic acids is 3. The molecule has 0 saturated carbocycles. The summed E-state index contributed by atoms with van der Waals surface area (Å²) < 4.78 is -1.48. The van der Waals surface area contributed by atoms with Crippen molar-refractivity contribution < 1.29 is 19.5 Å². The van der Waals surface area contributed by atoms with Crippen LogP contribution in [0.3, 0.4) is 0 Å². The van der Waals surface area contributed by atoms with E-state index in [0.29, 0.717) is 26.2 Å². The molecule has 6 rings (SSSR count). The van der Waals surface area contributed by atoms with Crippen LogP contribution < -0.4 is 4.90 Å². The van der Waals surface area contributed by atoms with E-state index in [4.69, 9.17) is 0 Å². The summed E-state index contributed by atoms with van der Waals surface area (Å²) in [4.78, 5) is 49.0. The molecule has 7 nitrogen and oxygen atoms in total. The first-order valence-electron chi connectivity index (χ1n) is 15.1. The third kappa shape index (κ3) is 4.88. The Hall–Kier alpha value is -3.36. The summed E-state index contributed by atoms with van der Waals surface area (Å²) in [6.45, 7) is 4.04. The lowest BCUT2D eigenvalue weighted by Crippen LogP contribution is -2.53. The zero-order valence-electron chi connectivity index (χ0n) is 24.1. The molecule has 2 fully saturated rings. The fourth-order valence-corrected chi connectivity index (χ4v) is 9.50. The number of aliphatic hydroxyl groups is 1. The maximum atomic E-state index is 14.6. The van der Waals surface area contributed by atoms with Gasteiger partial charge >= 0.3 is 0 Å². The van der Waals surface area contributed by atoms with E-state index in [0.717, 1.165) is 36.9 Å². The number of carbonyl (C=O) groups is 3. The highest BCUT2D eigenvalue weighted by Gasteiger charge is 2.73. The number of likely N-dealkylation sites (tertiary alicyclic amines) is 1. The summed E-state index contributed by atoms with van der Waals surface area (Å²) in [5.41, 5.74) is 1.85. The fourth-order valence-electron chi connectivity index (χ4n) is 7.34. The molecule has 0 bridgehead atoms. The molecule has 3 amide bonds. The maximum Gasteiger partial charge on any atom is 0.247 e. The van der Waals surface area contributed by atoms with Crippen LogP contribution in [0.15, 0.2) is 85.0 Å². The van der Waals surface area contributed by atoms with Crippen LogP contribution in [0.2, 0.25) is 0 Å². The lowest BCUT2D eigenvalue weighted by Gasteiger charge is -2.37. The van der Waals surface area contributed by atoms with Gasteiger partial charge in [0.1, 0.15) is 6.04 Å². The molecular weight excluding hydrogens is 546 g/mol.